The minimum absolute atomic E-state index is 0.0236. The molecule has 1 rings (SSSR count). The number of hydrogen-bond donors (Lipinski definition) is 2. The average Bonchev–Trinajstić information content (AvgIpc) is 2.37. The molecule has 0 saturated heterocycles. The summed E-state index contributed by atoms with van der Waals surface area (Å²) in [5, 5.41) is 14.8. The molecule has 0 atom stereocenters. The number of rotatable bonds is 5. The van der Waals surface area contributed by atoms with Crippen LogP contribution in [0.2, 0.25) is 0 Å². The molecular weight excluding hydrogens is 297 g/mol. The van der Waals surface area contributed by atoms with Crippen molar-refractivity contribution < 1.29 is 13.9 Å². The van der Waals surface area contributed by atoms with E-state index in [1.807, 2.05) is 19.9 Å². The fourth-order valence-electron chi connectivity index (χ4n) is 1.91. The first kappa shape index (κ1) is 18.9. The van der Waals surface area contributed by atoms with Gasteiger partial charge in [-0.15, -0.1) is 0 Å². The summed E-state index contributed by atoms with van der Waals surface area (Å²) in [5.74, 6) is -0.525. The Morgan fingerprint density at radius 1 is 1.30 bits per heavy atom. The Balaban J connectivity index is 2.51. The highest BCUT2D eigenvalue weighted by Gasteiger charge is 2.24. The molecule has 1 amide bonds. The number of amides is 1. The summed E-state index contributed by atoms with van der Waals surface area (Å²) in [6, 6.07) is 6.22. The number of carbonyl (C=O) groups is 1. The third-order valence-electron chi connectivity index (χ3n) is 2.89. The topological polar surface area (TPSA) is 74.2 Å². The lowest BCUT2D eigenvalue weighted by Crippen LogP contribution is -2.51. The second kappa shape index (κ2) is 7.42. The fourth-order valence-corrected chi connectivity index (χ4v) is 1.91. The van der Waals surface area contributed by atoms with E-state index in [1.165, 1.54) is 12.1 Å². The van der Waals surface area contributed by atoms with Crippen LogP contribution >= 0.6 is 0 Å². The molecule has 0 aliphatic carbocycles. The number of hydrogen-bond acceptors (Lipinski definition) is 4. The zero-order valence-electron chi connectivity index (χ0n) is 14.3. The number of nitrogens with one attached hydrogen (secondary N) is 2. The molecule has 23 heavy (non-hydrogen) atoms. The third kappa shape index (κ3) is 7.11. The van der Waals surface area contributed by atoms with Crippen molar-refractivity contribution >= 4 is 6.09 Å². The van der Waals surface area contributed by atoms with Crippen LogP contribution in [-0.2, 0) is 11.3 Å². The minimum atomic E-state index is -0.546. The molecule has 0 bridgehead atoms. The molecule has 0 aliphatic heterocycles. The number of halogens is 1. The highest BCUT2D eigenvalue weighted by Crippen LogP contribution is 2.11. The summed E-state index contributed by atoms with van der Waals surface area (Å²) in [5.41, 5.74) is -0.234. The molecule has 1 aromatic rings. The number of carbonyl (C=O) groups excluding carboxylic acids is 1. The first-order valence-electron chi connectivity index (χ1n) is 7.43. The van der Waals surface area contributed by atoms with E-state index >= 15 is 0 Å². The van der Waals surface area contributed by atoms with Gasteiger partial charge in [-0.2, -0.15) is 5.26 Å². The standard InChI is InChI=1S/C17H24FN3O2/c1-16(2,3)23-15(22)21-17(4,5)11-20-10-12-6-7-14(18)13(8-12)9-19/h6-8,20H,10-11H2,1-5H3,(H,21,22). The molecule has 0 spiro atoms. The molecule has 0 aromatic heterocycles. The summed E-state index contributed by atoms with van der Waals surface area (Å²) >= 11 is 0. The molecule has 0 saturated carbocycles. The van der Waals surface area contributed by atoms with Gasteiger partial charge in [-0.05, 0) is 52.3 Å². The van der Waals surface area contributed by atoms with Gasteiger partial charge in [0.05, 0.1) is 11.1 Å². The predicted molar refractivity (Wildman–Crippen MR) is 86.3 cm³/mol. The zero-order valence-corrected chi connectivity index (χ0v) is 14.3. The Bertz CT molecular complexity index is 601. The molecule has 0 fully saturated rings. The number of alkyl carbamates (subject to hydrolysis) is 1. The van der Waals surface area contributed by atoms with E-state index in [4.69, 9.17) is 10.00 Å². The summed E-state index contributed by atoms with van der Waals surface area (Å²) in [6.07, 6.45) is -0.474. The molecular formula is C17H24FN3O2. The first-order chi connectivity index (χ1) is 10.5. The predicted octanol–water partition coefficient (Wildman–Crippen LogP) is 3.09. The molecule has 126 valence electrons. The van der Waals surface area contributed by atoms with Crippen molar-refractivity contribution in [2.75, 3.05) is 6.54 Å². The van der Waals surface area contributed by atoms with Crippen LogP contribution in [0, 0.1) is 17.1 Å². The van der Waals surface area contributed by atoms with Crippen LogP contribution < -0.4 is 10.6 Å². The molecule has 0 unspecified atom stereocenters. The molecule has 1 aromatic carbocycles. The van der Waals surface area contributed by atoms with Crippen molar-refractivity contribution in [2.24, 2.45) is 0 Å². The van der Waals surface area contributed by atoms with Gasteiger partial charge >= 0.3 is 6.09 Å². The SMILES string of the molecule is CC(C)(CNCc1ccc(F)c(C#N)c1)NC(=O)OC(C)(C)C. The van der Waals surface area contributed by atoms with E-state index in [9.17, 15) is 9.18 Å². The van der Waals surface area contributed by atoms with Gasteiger partial charge in [0.15, 0.2) is 0 Å². The number of ether oxygens (including phenoxy) is 1. The second-order valence-corrected chi connectivity index (χ2v) is 7.04. The summed E-state index contributed by atoms with van der Waals surface area (Å²) in [6.45, 7) is 10.1. The van der Waals surface area contributed by atoms with E-state index in [0.29, 0.717) is 13.1 Å². The number of nitriles is 1. The Kier molecular flexibility index (Phi) is 6.11. The van der Waals surface area contributed by atoms with Gasteiger partial charge in [0, 0.05) is 13.1 Å². The van der Waals surface area contributed by atoms with Gasteiger partial charge in [-0.1, -0.05) is 6.07 Å². The Hall–Kier alpha value is -2.13. The van der Waals surface area contributed by atoms with Gasteiger partial charge in [-0.3, -0.25) is 0 Å². The molecule has 5 nitrogen and oxygen atoms in total. The van der Waals surface area contributed by atoms with Gasteiger partial charge in [0.2, 0.25) is 0 Å². The van der Waals surface area contributed by atoms with Crippen molar-refractivity contribution in [1.82, 2.24) is 10.6 Å². The lowest BCUT2D eigenvalue weighted by atomic mass is 10.1. The van der Waals surface area contributed by atoms with Gasteiger partial charge in [0.25, 0.3) is 0 Å². The van der Waals surface area contributed by atoms with E-state index < -0.39 is 23.1 Å². The lowest BCUT2D eigenvalue weighted by molar-refractivity contribution is 0.0472. The average molecular weight is 321 g/mol. The first-order valence-corrected chi connectivity index (χ1v) is 7.43. The largest absolute Gasteiger partial charge is 0.444 e. The summed E-state index contributed by atoms with van der Waals surface area (Å²) < 4.78 is 18.5. The molecule has 2 N–H and O–H groups in total. The van der Waals surface area contributed by atoms with E-state index in [0.717, 1.165) is 5.56 Å². The van der Waals surface area contributed by atoms with Crippen molar-refractivity contribution in [2.45, 2.75) is 52.3 Å². The normalized spacial score (nSPS) is 11.7. The Morgan fingerprint density at radius 2 is 1.96 bits per heavy atom. The van der Waals surface area contributed by atoms with Crippen LogP contribution in [0.4, 0.5) is 9.18 Å². The van der Waals surface area contributed by atoms with Crippen LogP contribution in [0.3, 0.4) is 0 Å². The van der Waals surface area contributed by atoms with Gasteiger partial charge in [-0.25, -0.2) is 9.18 Å². The van der Waals surface area contributed by atoms with Crippen LogP contribution in [-0.4, -0.2) is 23.8 Å². The fraction of sp³-hybridized carbons (Fsp3) is 0.529. The molecule has 0 heterocycles. The monoisotopic (exact) mass is 321 g/mol. The maximum absolute atomic E-state index is 13.3. The smallest absolute Gasteiger partial charge is 0.408 e. The lowest BCUT2D eigenvalue weighted by Gasteiger charge is -2.29. The van der Waals surface area contributed by atoms with Crippen molar-refractivity contribution in [3.63, 3.8) is 0 Å². The summed E-state index contributed by atoms with van der Waals surface area (Å²) in [7, 11) is 0. The second-order valence-electron chi connectivity index (χ2n) is 7.04. The summed E-state index contributed by atoms with van der Waals surface area (Å²) in [4.78, 5) is 11.8. The maximum Gasteiger partial charge on any atom is 0.408 e. The molecule has 0 aliphatic rings. The van der Waals surface area contributed by atoms with E-state index in [1.54, 1.807) is 26.8 Å². The van der Waals surface area contributed by atoms with Crippen molar-refractivity contribution in [3.05, 3.63) is 35.1 Å². The highest BCUT2D eigenvalue weighted by atomic mass is 19.1. The Labute approximate surface area is 136 Å². The zero-order chi connectivity index (χ0) is 17.7. The number of nitrogens with zero attached hydrogens (tertiary/aromatic N) is 1. The third-order valence-corrected chi connectivity index (χ3v) is 2.89. The van der Waals surface area contributed by atoms with Crippen LogP contribution in [0.15, 0.2) is 18.2 Å². The van der Waals surface area contributed by atoms with Gasteiger partial charge < -0.3 is 15.4 Å². The van der Waals surface area contributed by atoms with E-state index in [2.05, 4.69) is 10.6 Å². The highest BCUT2D eigenvalue weighted by molar-refractivity contribution is 5.68. The van der Waals surface area contributed by atoms with Gasteiger partial charge in [0.1, 0.15) is 17.5 Å². The molecule has 0 radical (unpaired) electrons. The van der Waals surface area contributed by atoms with E-state index in [-0.39, 0.29) is 5.56 Å². The van der Waals surface area contributed by atoms with Crippen LogP contribution in [0.25, 0.3) is 0 Å². The van der Waals surface area contributed by atoms with Crippen LogP contribution in [0.5, 0.6) is 0 Å². The van der Waals surface area contributed by atoms with Crippen molar-refractivity contribution in [1.29, 1.82) is 5.26 Å². The minimum Gasteiger partial charge on any atom is -0.444 e. The van der Waals surface area contributed by atoms with Crippen molar-refractivity contribution in [3.8, 4) is 6.07 Å². The number of benzene rings is 1. The van der Waals surface area contributed by atoms with Crippen LogP contribution in [0.1, 0.15) is 45.7 Å². The Morgan fingerprint density at radius 3 is 2.52 bits per heavy atom. The molecule has 6 heteroatoms. The quantitative estimate of drug-likeness (QED) is 0.874. The maximum atomic E-state index is 13.3.